The van der Waals surface area contributed by atoms with E-state index < -0.39 is 10.8 Å². The highest BCUT2D eigenvalue weighted by atomic mass is 16.6. The number of rotatable bonds is 5. The highest BCUT2D eigenvalue weighted by Gasteiger charge is 2.26. The van der Waals surface area contributed by atoms with Gasteiger partial charge in [-0.3, -0.25) is 0 Å². The van der Waals surface area contributed by atoms with Gasteiger partial charge in [-0.1, -0.05) is 41.5 Å². The zero-order valence-electron chi connectivity index (χ0n) is 13.4. The van der Waals surface area contributed by atoms with E-state index in [9.17, 15) is 10.1 Å². The number of aromatic nitrogens is 4. The third-order valence-electron chi connectivity index (χ3n) is 3.30. The number of amidine groups is 1. The lowest BCUT2D eigenvalue weighted by Gasteiger charge is -2.13. The Morgan fingerprint density at radius 1 is 1.12 bits per heavy atom. The van der Waals surface area contributed by atoms with Crippen LogP contribution in [0, 0.1) is 10.1 Å². The Kier molecular flexibility index (Phi) is 4.74. The monoisotopic (exact) mass is 337 g/mol. The molecule has 0 radical (unpaired) electrons. The van der Waals surface area contributed by atoms with Crippen LogP contribution in [0.4, 0.5) is 11.4 Å². The van der Waals surface area contributed by atoms with Crippen molar-refractivity contribution in [1.29, 1.82) is 0 Å². The fourth-order valence-electron chi connectivity index (χ4n) is 2.13. The second-order valence-corrected chi connectivity index (χ2v) is 4.97. The first-order valence-corrected chi connectivity index (χ1v) is 7.60. The third-order valence-corrected chi connectivity index (χ3v) is 3.30. The molecule has 126 valence electrons. The predicted octanol–water partition coefficient (Wildman–Crippen LogP) is 2.47. The van der Waals surface area contributed by atoms with Crippen LogP contribution in [0.25, 0.3) is 0 Å². The first-order valence-electron chi connectivity index (χ1n) is 7.60. The minimum Gasteiger partial charge on any atom is -0.358 e. The predicted molar refractivity (Wildman–Crippen MR) is 92.0 cm³/mol. The summed E-state index contributed by atoms with van der Waals surface area (Å²) in [6.07, 6.45) is 0. The van der Waals surface area contributed by atoms with E-state index in [-0.39, 0.29) is 5.82 Å². The Labute approximate surface area is 143 Å². The van der Waals surface area contributed by atoms with Gasteiger partial charge in [0.25, 0.3) is 5.82 Å². The summed E-state index contributed by atoms with van der Waals surface area (Å²) < 4.78 is 0. The molecule has 3 rings (SSSR count). The fraction of sp³-hybridized carbons (Fsp3) is 0.125. The number of benzene rings is 2. The fourth-order valence-corrected chi connectivity index (χ4v) is 2.13. The SMILES string of the molecule is CCn1nnc(/C(=N/N(c2ccccc2)c2ccccc2)[N+](=O)[O-])n1. The number of aryl methyl sites for hydroxylation is 1. The van der Waals surface area contributed by atoms with Crippen LogP contribution in [-0.2, 0) is 6.54 Å². The summed E-state index contributed by atoms with van der Waals surface area (Å²) in [5.41, 5.74) is 1.35. The van der Waals surface area contributed by atoms with Crippen molar-refractivity contribution in [3.8, 4) is 0 Å². The number of nitrogens with zero attached hydrogens (tertiary/aromatic N) is 7. The van der Waals surface area contributed by atoms with E-state index in [1.807, 2.05) is 67.6 Å². The summed E-state index contributed by atoms with van der Waals surface area (Å²) in [6.45, 7) is 2.27. The molecule has 3 aromatic rings. The van der Waals surface area contributed by atoms with Crippen molar-refractivity contribution in [2.75, 3.05) is 5.01 Å². The van der Waals surface area contributed by atoms with Gasteiger partial charge in [0, 0.05) is 0 Å². The van der Waals surface area contributed by atoms with Crippen LogP contribution in [0.2, 0.25) is 0 Å². The van der Waals surface area contributed by atoms with Crippen molar-refractivity contribution in [3.63, 3.8) is 0 Å². The van der Waals surface area contributed by atoms with Crippen molar-refractivity contribution in [2.45, 2.75) is 13.5 Å². The number of hydrogen-bond donors (Lipinski definition) is 0. The highest BCUT2D eigenvalue weighted by molar-refractivity contribution is 5.89. The molecule has 0 aliphatic rings. The van der Waals surface area contributed by atoms with Gasteiger partial charge in [-0.25, -0.2) is 0 Å². The van der Waals surface area contributed by atoms with Gasteiger partial charge in [-0.15, -0.1) is 10.1 Å². The maximum absolute atomic E-state index is 11.5. The van der Waals surface area contributed by atoms with Gasteiger partial charge in [-0.05, 0) is 41.3 Å². The number of nitro groups is 1. The van der Waals surface area contributed by atoms with E-state index in [4.69, 9.17) is 0 Å². The van der Waals surface area contributed by atoms with E-state index in [2.05, 4.69) is 20.5 Å². The zero-order chi connectivity index (χ0) is 17.6. The number of anilines is 2. The maximum Gasteiger partial charge on any atom is 0.437 e. The Hall–Kier alpha value is -3.62. The Bertz CT molecular complexity index is 838. The summed E-state index contributed by atoms with van der Waals surface area (Å²) in [5.74, 6) is -0.615. The molecule has 0 bridgehead atoms. The Balaban J connectivity index is 2.10. The van der Waals surface area contributed by atoms with Gasteiger partial charge in [0.05, 0.1) is 23.0 Å². The van der Waals surface area contributed by atoms with Crippen molar-refractivity contribution in [3.05, 3.63) is 76.6 Å². The van der Waals surface area contributed by atoms with Crippen molar-refractivity contribution in [2.24, 2.45) is 5.10 Å². The number of tetrazole rings is 1. The molecular weight excluding hydrogens is 322 g/mol. The molecule has 0 N–H and O–H groups in total. The van der Waals surface area contributed by atoms with Gasteiger partial charge in [0.2, 0.25) is 0 Å². The molecule has 0 fully saturated rings. The molecule has 0 aliphatic carbocycles. The smallest absolute Gasteiger partial charge is 0.358 e. The Morgan fingerprint density at radius 2 is 1.68 bits per heavy atom. The van der Waals surface area contributed by atoms with Gasteiger partial charge in [0.15, 0.2) is 0 Å². The van der Waals surface area contributed by atoms with Crippen LogP contribution in [0.3, 0.4) is 0 Å². The van der Waals surface area contributed by atoms with Gasteiger partial charge in [0.1, 0.15) is 0 Å². The lowest BCUT2D eigenvalue weighted by atomic mass is 10.2. The first kappa shape index (κ1) is 16.2. The van der Waals surface area contributed by atoms with Crippen LogP contribution >= 0.6 is 0 Å². The molecule has 25 heavy (non-hydrogen) atoms. The molecule has 0 saturated heterocycles. The van der Waals surface area contributed by atoms with Crippen LogP contribution in [0.5, 0.6) is 0 Å². The summed E-state index contributed by atoms with van der Waals surface area (Å²) in [6, 6.07) is 18.3. The van der Waals surface area contributed by atoms with Crippen LogP contribution < -0.4 is 5.01 Å². The van der Waals surface area contributed by atoms with E-state index in [0.717, 1.165) is 0 Å². The second-order valence-electron chi connectivity index (χ2n) is 4.97. The average Bonchev–Trinajstić information content (AvgIpc) is 3.12. The summed E-state index contributed by atoms with van der Waals surface area (Å²) >= 11 is 0. The van der Waals surface area contributed by atoms with E-state index >= 15 is 0 Å². The van der Waals surface area contributed by atoms with Crippen molar-refractivity contribution < 1.29 is 4.92 Å². The zero-order valence-corrected chi connectivity index (χ0v) is 13.4. The second kappa shape index (κ2) is 7.30. The number of para-hydroxylation sites is 2. The van der Waals surface area contributed by atoms with Gasteiger partial charge in [-0.2, -0.15) is 4.80 Å². The largest absolute Gasteiger partial charge is 0.437 e. The summed E-state index contributed by atoms with van der Waals surface area (Å²) in [7, 11) is 0. The third kappa shape index (κ3) is 3.66. The van der Waals surface area contributed by atoms with Crippen molar-refractivity contribution >= 4 is 17.2 Å². The molecule has 0 saturated carbocycles. The molecule has 0 unspecified atom stereocenters. The molecule has 0 spiro atoms. The summed E-state index contributed by atoms with van der Waals surface area (Å²) in [5, 5.41) is 28.7. The number of hydrazone groups is 1. The van der Waals surface area contributed by atoms with Gasteiger partial charge >= 0.3 is 5.84 Å². The molecule has 9 heteroatoms. The first-order chi connectivity index (χ1) is 12.2. The van der Waals surface area contributed by atoms with E-state index in [1.165, 1.54) is 9.81 Å². The van der Waals surface area contributed by atoms with Gasteiger partial charge < -0.3 is 10.1 Å². The molecule has 0 aliphatic heterocycles. The lowest BCUT2D eigenvalue weighted by molar-refractivity contribution is -0.349. The molecule has 0 amide bonds. The molecule has 1 heterocycles. The minimum absolute atomic E-state index is 0.135. The molecule has 0 atom stereocenters. The standard InChI is InChI=1S/C16H15N7O2/c1-2-21-18-15(17-20-21)16(23(24)25)19-22(13-9-5-3-6-10-13)14-11-7-4-8-12-14/h3-12H,2H2,1H3/b19-16-. The average molecular weight is 337 g/mol. The number of hydrogen-bond acceptors (Lipinski definition) is 7. The van der Waals surface area contributed by atoms with Crippen molar-refractivity contribution in [1.82, 2.24) is 20.2 Å². The maximum atomic E-state index is 11.5. The normalized spacial score (nSPS) is 11.3. The summed E-state index contributed by atoms with van der Waals surface area (Å²) in [4.78, 5) is 12.2. The molecule has 9 nitrogen and oxygen atoms in total. The molecule has 1 aromatic heterocycles. The van der Waals surface area contributed by atoms with E-state index in [0.29, 0.717) is 17.9 Å². The minimum atomic E-state index is -0.615. The Morgan fingerprint density at radius 3 is 2.12 bits per heavy atom. The molecule has 2 aromatic carbocycles. The highest BCUT2D eigenvalue weighted by Crippen LogP contribution is 2.25. The quantitative estimate of drug-likeness (QED) is 0.307. The lowest BCUT2D eigenvalue weighted by Crippen LogP contribution is -2.21. The van der Waals surface area contributed by atoms with Crippen LogP contribution in [-0.4, -0.2) is 31.0 Å². The molecular formula is C16H15N7O2. The van der Waals surface area contributed by atoms with Crippen LogP contribution in [0.15, 0.2) is 65.8 Å². The topological polar surface area (TPSA) is 102 Å². The van der Waals surface area contributed by atoms with E-state index in [1.54, 1.807) is 0 Å². The van der Waals surface area contributed by atoms with Crippen LogP contribution in [0.1, 0.15) is 12.7 Å².